The molecule has 0 aliphatic heterocycles. The molecule has 0 spiro atoms. The van der Waals surface area contributed by atoms with Gasteiger partial charge < -0.3 is 5.32 Å². The van der Waals surface area contributed by atoms with Crippen LogP contribution < -0.4 is 5.32 Å². The Morgan fingerprint density at radius 1 is 1.10 bits per heavy atom. The summed E-state index contributed by atoms with van der Waals surface area (Å²) in [7, 11) is 1.57. The Kier molecular flexibility index (Phi) is 4.06. The fraction of sp³-hybridized carbons (Fsp3) is 0.167. The van der Waals surface area contributed by atoms with Crippen molar-refractivity contribution in [2.24, 2.45) is 0 Å². The van der Waals surface area contributed by atoms with Gasteiger partial charge in [0.2, 0.25) is 5.28 Å². The highest BCUT2D eigenvalue weighted by Gasteiger charge is 2.34. The summed E-state index contributed by atoms with van der Waals surface area (Å²) in [6, 6.07) is 4.65. The van der Waals surface area contributed by atoms with Crippen molar-refractivity contribution >= 4 is 29.0 Å². The highest BCUT2D eigenvalue weighted by atomic mass is 35.5. The maximum atomic E-state index is 13.0. The maximum Gasteiger partial charge on any atom is 0.417 e. The highest BCUT2D eigenvalue weighted by Crippen LogP contribution is 2.38. The number of aromatic nitrogens is 2. The molecule has 1 aromatic carbocycles. The van der Waals surface area contributed by atoms with Gasteiger partial charge in [0.05, 0.1) is 11.3 Å². The summed E-state index contributed by atoms with van der Waals surface area (Å²) in [6.07, 6.45) is -4.52. The van der Waals surface area contributed by atoms with Crippen LogP contribution in [-0.2, 0) is 6.18 Å². The van der Waals surface area contributed by atoms with Gasteiger partial charge in [0.15, 0.2) is 0 Å². The molecular formula is C12H8Cl2F3N3. The van der Waals surface area contributed by atoms with Crippen molar-refractivity contribution in [1.82, 2.24) is 9.97 Å². The number of nitrogens with one attached hydrogen (secondary N) is 1. The first-order chi connectivity index (χ1) is 9.31. The van der Waals surface area contributed by atoms with Crippen molar-refractivity contribution in [3.63, 3.8) is 0 Å². The van der Waals surface area contributed by atoms with Crippen molar-refractivity contribution in [2.45, 2.75) is 6.18 Å². The Hall–Kier alpha value is -1.53. The molecule has 8 heteroatoms. The van der Waals surface area contributed by atoms with Crippen LogP contribution in [0.2, 0.25) is 10.3 Å². The lowest BCUT2D eigenvalue weighted by Crippen LogP contribution is -2.08. The number of alkyl halides is 3. The Labute approximate surface area is 122 Å². The summed E-state index contributed by atoms with van der Waals surface area (Å²) in [6.45, 7) is 0. The van der Waals surface area contributed by atoms with Crippen molar-refractivity contribution < 1.29 is 13.2 Å². The lowest BCUT2D eigenvalue weighted by molar-refractivity contribution is -0.137. The van der Waals surface area contributed by atoms with Gasteiger partial charge in [-0.3, -0.25) is 0 Å². The number of halogens is 5. The minimum Gasteiger partial charge on any atom is -0.373 e. The zero-order chi connectivity index (χ0) is 14.9. The fourth-order valence-electron chi connectivity index (χ4n) is 1.66. The van der Waals surface area contributed by atoms with Crippen LogP contribution in [-0.4, -0.2) is 17.0 Å². The van der Waals surface area contributed by atoms with Crippen molar-refractivity contribution in [3.8, 4) is 11.3 Å². The molecule has 2 aromatic rings. The van der Waals surface area contributed by atoms with Gasteiger partial charge >= 0.3 is 6.18 Å². The molecule has 0 unspecified atom stereocenters. The molecule has 1 heterocycles. The summed E-state index contributed by atoms with van der Waals surface area (Å²) in [4.78, 5) is 7.64. The predicted molar refractivity (Wildman–Crippen MR) is 72.0 cm³/mol. The Morgan fingerprint density at radius 2 is 1.80 bits per heavy atom. The minimum atomic E-state index is -4.52. The monoisotopic (exact) mass is 321 g/mol. The second-order valence-electron chi connectivity index (χ2n) is 3.85. The minimum absolute atomic E-state index is 0.0455. The third-order valence-corrected chi connectivity index (χ3v) is 2.92. The molecule has 0 aliphatic rings. The molecule has 0 aliphatic carbocycles. The smallest absolute Gasteiger partial charge is 0.373 e. The second kappa shape index (κ2) is 5.46. The van der Waals surface area contributed by atoms with Crippen LogP contribution in [0.4, 0.5) is 19.0 Å². The third kappa shape index (κ3) is 3.13. The lowest BCUT2D eigenvalue weighted by atomic mass is 10.0. The Bertz CT molecular complexity index is 644. The fourth-order valence-corrected chi connectivity index (χ4v) is 2.01. The van der Waals surface area contributed by atoms with E-state index in [1.54, 1.807) is 7.05 Å². The molecule has 2 rings (SSSR count). The molecule has 0 atom stereocenters. The quantitative estimate of drug-likeness (QED) is 0.827. The van der Waals surface area contributed by atoms with E-state index in [0.29, 0.717) is 5.82 Å². The van der Waals surface area contributed by atoms with E-state index in [2.05, 4.69) is 15.3 Å². The van der Waals surface area contributed by atoms with E-state index >= 15 is 0 Å². The van der Waals surface area contributed by atoms with Gasteiger partial charge in [-0.05, 0) is 29.8 Å². The maximum absolute atomic E-state index is 13.0. The van der Waals surface area contributed by atoms with Crippen LogP contribution in [0.15, 0.2) is 24.3 Å². The number of rotatable bonds is 2. The molecule has 1 N–H and O–H groups in total. The topological polar surface area (TPSA) is 37.8 Å². The molecule has 1 aromatic heterocycles. The van der Waals surface area contributed by atoms with Crippen molar-refractivity contribution in [2.75, 3.05) is 12.4 Å². The first-order valence-corrected chi connectivity index (χ1v) is 6.16. The van der Waals surface area contributed by atoms with Gasteiger partial charge in [-0.25, -0.2) is 9.97 Å². The summed E-state index contributed by atoms with van der Waals surface area (Å²) in [5.74, 6) is 0.313. The molecule has 20 heavy (non-hydrogen) atoms. The van der Waals surface area contributed by atoms with Gasteiger partial charge in [0.1, 0.15) is 5.82 Å². The average molecular weight is 322 g/mol. The normalized spacial score (nSPS) is 11.5. The zero-order valence-electron chi connectivity index (χ0n) is 10.1. The highest BCUT2D eigenvalue weighted by molar-refractivity contribution is 6.31. The molecule has 0 saturated carbocycles. The molecule has 3 nitrogen and oxygen atoms in total. The first-order valence-electron chi connectivity index (χ1n) is 5.40. The van der Waals surface area contributed by atoms with Crippen molar-refractivity contribution in [3.05, 3.63) is 40.1 Å². The molecular weight excluding hydrogens is 314 g/mol. The molecule has 0 bridgehead atoms. The number of nitrogens with zero attached hydrogens (tertiary/aromatic N) is 2. The molecule has 0 saturated heterocycles. The van der Waals surface area contributed by atoms with Gasteiger partial charge in [0, 0.05) is 23.7 Å². The van der Waals surface area contributed by atoms with Crippen LogP contribution >= 0.6 is 23.2 Å². The van der Waals surface area contributed by atoms with E-state index in [1.165, 1.54) is 18.2 Å². The lowest BCUT2D eigenvalue weighted by Gasteiger charge is -2.13. The van der Waals surface area contributed by atoms with E-state index in [9.17, 15) is 13.2 Å². The largest absolute Gasteiger partial charge is 0.417 e. The summed E-state index contributed by atoms with van der Waals surface area (Å²) in [5.41, 5.74) is -0.936. The van der Waals surface area contributed by atoms with Gasteiger partial charge in [0.25, 0.3) is 0 Å². The molecule has 106 valence electrons. The Balaban J connectivity index is 2.68. The average Bonchev–Trinajstić information content (AvgIpc) is 2.36. The SMILES string of the molecule is CNc1cc(-c2cc(Cl)ccc2C(F)(F)F)nc(Cl)n1. The zero-order valence-corrected chi connectivity index (χ0v) is 11.6. The Morgan fingerprint density at radius 3 is 2.40 bits per heavy atom. The van der Waals surface area contributed by atoms with Crippen molar-refractivity contribution in [1.29, 1.82) is 0 Å². The molecule has 0 fully saturated rings. The van der Waals surface area contributed by atoms with E-state index < -0.39 is 11.7 Å². The van der Waals surface area contributed by atoms with Crippen LogP contribution in [0, 0.1) is 0 Å². The summed E-state index contributed by atoms with van der Waals surface area (Å²) in [5, 5.41) is 2.72. The van der Waals surface area contributed by atoms with E-state index in [-0.39, 0.29) is 21.6 Å². The summed E-state index contributed by atoms with van der Waals surface area (Å²) < 4.78 is 39.0. The summed E-state index contributed by atoms with van der Waals surface area (Å²) >= 11 is 11.5. The number of hydrogen-bond donors (Lipinski definition) is 1. The number of benzene rings is 1. The first kappa shape index (κ1) is 14.9. The van der Waals surface area contributed by atoms with E-state index in [4.69, 9.17) is 23.2 Å². The van der Waals surface area contributed by atoms with E-state index in [0.717, 1.165) is 6.07 Å². The van der Waals surface area contributed by atoms with Crippen LogP contribution in [0.25, 0.3) is 11.3 Å². The van der Waals surface area contributed by atoms with Crippen LogP contribution in [0.3, 0.4) is 0 Å². The van der Waals surface area contributed by atoms with Gasteiger partial charge in [-0.1, -0.05) is 11.6 Å². The van der Waals surface area contributed by atoms with Crippen LogP contribution in [0.5, 0.6) is 0 Å². The van der Waals surface area contributed by atoms with Gasteiger partial charge in [-0.2, -0.15) is 13.2 Å². The predicted octanol–water partition coefficient (Wildman–Crippen LogP) is 4.51. The third-order valence-electron chi connectivity index (χ3n) is 2.52. The molecule has 0 amide bonds. The standard InChI is InChI=1S/C12H8Cl2F3N3/c1-18-10-5-9(19-11(14)20-10)7-4-6(13)2-3-8(7)12(15,16)17/h2-5H,1H3,(H,18,19,20). The number of hydrogen-bond acceptors (Lipinski definition) is 3. The number of anilines is 1. The van der Waals surface area contributed by atoms with Gasteiger partial charge in [-0.15, -0.1) is 0 Å². The molecule has 0 radical (unpaired) electrons. The second-order valence-corrected chi connectivity index (χ2v) is 4.62. The van der Waals surface area contributed by atoms with Crippen LogP contribution in [0.1, 0.15) is 5.56 Å². The van der Waals surface area contributed by atoms with E-state index in [1.807, 2.05) is 0 Å².